The third-order valence-corrected chi connectivity index (χ3v) is 3.28. The number of nitrogens with zero attached hydrogens (tertiary/aromatic N) is 2. The van der Waals surface area contributed by atoms with Gasteiger partial charge in [-0.15, -0.1) is 0 Å². The Morgan fingerprint density at radius 3 is 2.53 bits per heavy atom. The smallest absolute Gasteiger partial charge is 0.191 e. The summed E-state index contributed by atoms with van der Waals surface area (Å²) in [5.74, 6) is 2.07. The Bertz CT molecular complexity index is 547. The van der Waals surface area contributed by atoms with Gasteiger partial charge in [0.15, 0.2) is 5.16 Å². The van der Waals surface area contributed by atoms with Crippen molar-refractivity contribution in [2.75, 3.05) is 23.8 Å². The lowest BCUT2D eigenvalue weighted by Crippen LogP contribution is -2.03. The van der Waals surface area contributed by atoms with Crippen LogP contribution in [0.25, 0.3) is 0 Å². The molecule has 0 radical (unpaired) electrons. The number of halogens is 1. The molecule has 19 heavy (non-hydrogen) atoms. The van der Waals surface area contributed by atoms with Gasteiger partial charge in [0.2, 0.25) is 0 Å². The first kappa shape index (κ1) is 13.8. The van der Waals surface area contributed by atoms with Crippen LogP contribution in [0, 0.1) is 0 Å². The molecule has 0 bridgehead atoms. The van der Waals surface area contributed by atoms with Gasteiger partial charge < -0.3 is 16.2 Å². The molecule has 0 atom stereocenters. The number of ether oxygens (including phenoxy) is 1. The summed E-state index contributed by atoms with van der Waals surface area (Å²) in [6, 6.07) is 8.85. The van der Waals surface area contributed by atoms with Gasteiger partial charge in [0.25, 0.3) is 0 Å². The van der Waals surface area contributed by atoms with Crippen LogP contribution < -0.4 is 16.2 Å². The van der Waals surface area contributed by atoms with Crippen LogP contribution in [-0.4, -0.2) is 22.3 Å². The quantitative estimate of drug-likeness (QED) is 0.501. The number of nitrogen functional groups attached to an aromatic ring is 2. The summed E-state index contributed by atoms with van der Waals surface area (Å²) >= 11 is 7.40. The van der Waals surface area contributed by atoms with Crippen molar-refractivity contribution in [2.24, 2.45) is 0 Å². The lowest BCUT2D eigenvalue weighted by atomic mass is 10.3. The summed E-state index contributed by atoms with van der Waals surface area (Å²) < 4.78 is 5.55. The second kappa shape index (κ2) is 6.49. The second-order valence-electron chi connectivity index (χ2n) is 3.63. The standard InChI is InChI=1S/C12H13ClN4OS/c13-8-3-1-2-4-9(8)18-5-6-19-12-16-10(14)7-11(15)17-12/h1-4,7H,5-6H2,(H4,14,15,16,17). The minimum Gasteiger partial charge on any atom is -0.491 e. The summed E-state index contributed by atoms with van der Waals surface area (Å²) in [6.07, 6.45) is 0. The lowest BCUT2D eigenvalue weighted by molar-refractivity contribution is 0.344. The van der Waals surface area contributed by atoms with Crippen molar-refractivity contribution in [1.82, 2.24) is 9.97 Å². The molecule has 1 aromatic carbocycles. The maximum Gasteiger partial charge on any atom is 0.191 e. The van der Waals surface area contributed by atoms with Crippen LogP contribution in [0.3, 0.4) is 0 Å². The molecule has 2 rings (SSSR count). The van der Waals surface area contributed by atoms with Gasteiger partial charge >= 0.3 is 0 Å². The molecule has 100 valence electrons. The summed E-state index contributed by atoms with van der Waals surface area (Å²) in [7, 11) is 0. The molecule has 2 aromatic rings. The zero-order valence-corrected chi connectivity index (χ0v) is 11.6. The molecular weight excluding hydrogens is 284 g/mol. The van der Waals surface area contributed by atoms with Crippen LogP contribution in [0.15, 0.2) is 35.5 Å². The SMILES string of the molecule is Nc1cc(N)nc(SCCOc2ccccc2Cl)n1. The van der Waals surface area contributed by atoms with E-state index in [1.54, 1.807) is 6.07 Å². The van der Waals surface area contributed by atoms with Crippen molar-refractivity contribution >= 4 is 35.0 Å². The van der Waals surface area contributed by atoms with Gasteiger partial charge in [-0.1, -0.05) is 35.5 Å². The Balaban J connectivity index is 1.82. The van der Waals surface area contributed by atoms with E-state index in [0.29, 0.717) is 39.9 Å². The van der Waals surface area contributed by atoms with Crippen molar-refractivity contribution in [3.63, 3.8) is 0 Å². The molecule has 7 heteroatoms. The van der Waals surface area contributed by atoms with Crippen molar-refractivity contribution in [2.45, 2.75) is 5.16 Å². The van der Waals surface area contributed by atoms with Gasteiger partial charge in [0.05, 0.1) is 11.6 Å². The number of hydrogen-bond donors (Lipinski definition) is 2. The molecule has 0 aliphatic carbocycles. The molecule has 0 saturated heterocycles. The molecular formula is C12H13ClN4OS. The van der Waals surface area contributed by atoms with Crippen LogP contribution in [0.5, 0.6) is 5.75 Å². The minimum absolute atomic E-state index is 0.363. The van der Waals surface area contributed by atoms with E-state index in [1.165, 1.54) is 17.8 Å². The number of nitrogens with two attached hydrogens (primary N) is 2. The first-order valence-corrected chi connectivity index (χ1v) is 6.91. The van der Waals surface area contributed by atoms with Crippen LogP contribution in [0.4, 0.5) is 11.6 Å². The number of thioether (sulfide) groups is 1. The van der Waals surface area contributed by atoms with E-state index in [2.05, 4.69) is 9.97 Å². The van der Waals surface area contributed by atoms with Crippen molar-refractivity contribution in [3.05, 3.63) is 35.4 Å². The highest BCUT2D eigenvalue weighted by Gasteiger charge is 2.03. The molecule has 0 unspecified atom stereocenters. The van der Waals surface area contributed by atoms with Crippen molar-refractivity contribution in [3.8, 4) is 5.75 Å². The highest BCUT2D eigenvalue weighted by atomic mass is 35.5. The maximum atomic E-state index is 5.97. The zero-order valence-electron chi connectivity index (χ0n) is 10.0. The molecule has 4 N–H and O–H groups in total. The molecule has 0 amide bonds. The van der Waals surface area contributed by atoms with E-state index >= 15 is 0 Å². The Hall–Kier alpha value is -1.66. The monoisotopic (exact) mass is 296 g/mol. The van der Waals surface area contributed by atoms with E-state index < -0.39 is 0 Å². The fourth-order valence-electron chi connectivity index (χ4n) is 1.37. The predicted octanol–water partition coefficient (Wildman–Crippen LogP) is 2.47. The van der Waals surface area contributed by atoms with E-state index in [0.717, 1.165) is 0 Å². The first-order chi connectivity index (χ1) is 9.15. The number of hydrogen-bond acceptors (Lipinski definition) is 6. The minimum atomic E-state index is 0.363. The van der Waals surface area contributed by atoms with E-state index in [9.17, 15) is 0 Å². The fraction of sp³-hybridized carbons (Fsp3) is 0.167. The Morgan fingerprint density at radius 1 is 1.16 bits per heavy atom. The first-order valence-electron chi connectivity index (χ1n) is 5.55. The van der Waals surface area contributed by atoms with Crippen molar-refractivity contribution in [1.29, 1.82) is 0 Å². The summed E-state index contributed by atoms with van der Waals surface area (Å²) in [5.41, 5.74) is 11.2. The van der Waals surface area contributed by atoms with Gasteiger partial charge in [-0.2, -0.15) is 0 Å². The van der Waals surface area contributed by atoms with E-state index in [4.69, 9.17) is 27.8 Å². The average molecular weight is 297 g/mol. The summed E-state index contributed by atoms with van der Waals surface area (Å²) in [6.45, 7) is 0.493. The van der Waals surface area contributed by atoms with Crippen LogP contribution in [0.1, 0.15) is 0 Å². The van der Waals surface area contributed by atoms with Crippen LogP contribution in [-0.2, 0) is 0 Å². The number of anilines is 2. The van der Waals surface area contributed by atoms with Gasteiger partial charge in [-0.25, -0.2) is 9.97 Å². The van der Waals surface area contributed by atoms with E-state index in [-0.39, 0.29) is 0 Å². The largest absolute Gasteiger partial charge is 0.491 e. The molecule has 1 heterocycles. The van der Waals surface area contributed by atoms with Gasteiger partial charge in [0, 0.05) is 11.8 Å². The van der Waals surface area contributed by atoms with Gasteiger partial charge in [-0.05, 0) is 12.1 Å². The molecule has 0 aliphatic rings. The second-order valence-corrected chi connectivity index (χ2v) is 5.10. The summed E-state index contributed by atoms with van der Waals surface area (Å²) in [4.78, 5) is 8.13. The highest BCUT2D eigenvalue weighted by Crippen LogP contribution is 2.23. The highest BCUT2D eigenvalue weighted by molar-refractivity contribution is 7.99. The normalized spacial score (nSPS) is 10.4. The van der Waals surface area contributed by atoms with E-state index in [1.807, 2.05) is 18.2 Å². The number of para-hydroxylation sites is 1. The summed E-state index contributed by atoms with van der Waals surface area (Å²) in [5, 5.41) is 1.14. The third kappa shape index (κ3) is 4.18. The third-order valence-electron chi connectivity index (χ3n) is 2.15. The number of rotatable bonds is 5. The molecule has 0 aliphatic heterocycles. The molecule has 0 spiro atoms. The average Bonchev–Trinajstić information content (AvgIpc) is 2.35. The predicted molar refractivity (Wildman–Crippen MR) is 78.5 cm³/mol. The fourth-order valence-corrected chi connectivity index (χ4v) is 2.25. The number of benzene rings is 1. The van der Waals surface area contributed by atoms with Crippen molar-refractivity contribution < 1.29 is 4.74 Å². The maximum absolute atomic E-state index is 5.97. The lowest BCUT2D eigenvalue weighted by Gasteiger charge is -2.07. The topological polar surface area (TPSA) is 87.1 Å². The molecule has 0 fully saturated rings. The van der Waals surface area contributed by atoms with Gasteiger partial charge in [0.1, 0.15) is 17.4 Å². The van der Waals surface area contributed by atoms with Crippen LogP contribution in [0.2, 0.25) is 5.02 Å². The van der Waals surface area contributed by atoms with Gasteiger partial charge in [-0.3, -0.25) is 0 Å². The Labute approximate surface area is 120 Å². The zero-order chi connectivity index (χ0) is 13.7. The Morgan fingerprint density at radius 2 is 1.84 bits per heavy atom. The molecule has 5 nitrogen and oxygen atoms in total. The molecule has 1 aromatic heterocycles. The Kier molecular flexibility index (Phi) is 4.70. The molecule has 0 saturated carbocycles. The number of aromatic nitrogens is 2. The van der Waals surface area contributed by atoms with Crippen LogP contribution >= 0.6 is 23.4 Å².